The van der Waals surface area contributed by atoms with E-state index in [-0.39, 0.29) is 23.4 Å². The van der Waals surface area contributed by atoms with Gasteiger partial charge in [0.25, 0.3) is 0 Å². The molecule has 0 amide bonds. The van der Waals surface area contributed by atoms with Gasteiger partial charge in [-0.3, -0.25) is 0 Å². The third kappa shape index (κ3) is 7.85. The largest absolute Gasteiger partial charge is 0.473 e. The lowest BCUT2D eigenvalue weighted by Crippen LogP contribution is -2.43. The van der Waals surface area contributed by atoms with Gasteiger partial charge in [-0.15, -0.1) is 0 Å². The maximum atomic E-state index is 5.90. The topological polar surface area (TPSA) is 53.5 Å². The summed E-state index contributed by atoms with van der Waals surface area (Å²) in [4.78, 5) is 8.56. The summed E-state index contributed by atoms with van der Waals surface area (Å²) in [7, 11) is 0. The molecular weight excluding hydrogens is 316 g/mol. The Hall–Kier alpha value is -1.64. The minimum atomic E-state index is -0.126. The Balaban J connectivity index is 1.71. The van der Waals surface area contributed by atoms with Crippen LogP contribution in [0.5, 0.6) is 5.88 Å². The molecule has 1 heterocycles. The van der Waals surface area contributed by atoms with Gasteiger partial charge in [0.1, 0.15) is 11.8 Å². The van der Waals surface area contributed by atoms with Gasteiger partial charge in [0.05, 0.1) is 36.3 Å². The highest BCUT2D eigenvalue weighted by molar-refractivity contribution is 5.26. The molecule has 1 aliphatic rings. The third-order valence-electron chi connectivity index (χ3n) is 3.47. The van der Waals surface area contributed by atoms with Crippen molar-refractivity contribution in [1.29, 1.82) is 0 Å². The molecule has 0 saturated heterocycles. The average molecular weight is 346 g/mol. The van der Waals surface area contributed by atoms with Gasteiger partial charge in [-0.05, 0) is 47.5 Å². The summed E-state index contributed by atoms with van der Waals surface area (Å²) in [6, 6.07) is 0. The first-order valence-electron chi connectivity index (χ1n) is 8.90. The Kier molecular flexibility index (Phi) is 6.42. The molecule has 1 aliphatic carbocycles. The van der Waals surface area contributed by atoms with Crippen LogP contribution in [0, 0.1) is 11.8 Å². The highest BCUT2D eigenvalue weighted by Gasteiger charge is 2.34. The van der Waals surface area contributed by atoms with Crippen LogP contribution in [0.2, 0.25) is 0 Å². The molecule has 5 heteroatoms. The van der Waals surface area contributed by atoms with Crippen LogP contribution < -0.4 is 4.74 Å². The van der Waals surface area contributed by atoms with Crippen LogP contribution in [0.1, 0.15) is 66.5 Å². The summed E-state index contributed by atoms with van der Waals surface area (Å²) in [6.45, 7) is 12.9. The van der Waals surface area contributed by atoms with Crippen molar-refractivity contribution in [2.45, 2.75) is 84.2 Å². The Morgan fingerprint density at radius 3 is 2.28 bits per heavy atom. The second-order valence-corrected chi connectivity index (χ2v) is 8.32. The van der Waals surface area contributed by atoms with Crippen LogP contribution in [0.3, 0.4) is 0 Å². The Bertz CT molecular complexity index is 597. The van der Waals surface area contributed by atoms with Gasteiger partial charge in [0, 0.05) is 19.3 Å². The lowest BCUT2D eigenvalue weighted by Gasteiger charge is -2.38. The fourth-order valence-corrected chi connectivity index (χ4v) is 2.38. The van der Waals surface area contributed by atoms with Gasteiger partial charge in [0.15, 0.2) is 0 Å². The van der Waals surface area contributed by atoms with Crippen LogP contribution in [-0.4, -0.2) is 40.0 Å². The zero-order chi connectivity index (χ0) is 18.5. The number of hydrogen-bond acceptors (Lipinski definition) is 5. The standard InChI is InChI=1S/C20H30N2O3/c1-19(2,3)23-10-8-7-9-15-13-22-18(14-21-15)24-16-11-17(12-16)25-20(4,5)6/h13-14,16-17H,8,10-12H2,1-6H3. The van der Waals surface area contributed by atoms with E-state index in [2.05, 4.69) is 42.6 Å². The summed E-state index contributed by atoms with van der Waals surface area (Å²) in [6.07, 6.45) is 6.19. The van der Waals surface area contributed by atoms with Crippen molar-refractivity contribution >= 4 is 0 Å². The third-order valence-corrected chi connectivity index (χ3v) is 3.47. The Morgan fingerprint density at radius 1 is 1.00 bits per heavy atom. The summed E-state index contributed by atoms with van der Waals surface area (Å²) in [5.74, 6) is 6.58. The van der Waals surface area contributed by atoms with Gasteiger partial charge in [-0.25, -0.2) is 9.97 Å². The first kappa shape index (κ1) is 19.7. The fourth-order valence-electron chi connectivity index (χ4n) is 2.38. The monoisotopic (exact) mass is 346 g/mol. The number of rotatable bonds is 5. The predicted octanol–water partition coefficient (Wildman–Crippen LogP) is 3.76. The molecule has 25 heavy (non-hydrogen) atoms. The summed E-state index contributed by atoms with van der Waals surface area (Å²) in [5, 5.41) is 0. The predicted molar refractivity (Wildman–Crippen MR) is 97.5 cm³/mol. The second kappa shape index (κ2) is 8.16. The molecule has 0 bridgehead atoms. The van der Waals surface area contributed by atoms with Crippen molar-refractivity contribution in [2.24, 2.45) is 0 Å². The maximum absolute atomic E-state index is 5.90. The van der Waals surface area contributed by atoms with Crippen molar-refractivity contribution in [1.82, 2.24) is 9.97 Å². The van der Waals surface area contributed by atoms with E-state index in [0.29, 0.717) is 24.6 Å². The van der Waals surface area contributed by atoms with Crippen LogP contribution in [0.4, 0.5) is 0 Å². The van der Waals surface area contributed by atoms with Crippen molar-refractivity contribution in [3.8, 4) is 17.7 Å². The summed E-state index contributed by atoms with van der Waals surface area (Å²) < 4.78 is 17.3. The highest BCUT2D eigenvalue weighted by atomic mass is 16.5. The molecule has 0 aliphatic heterocycles. The number of nitrogens with zero attached hydrogens (tertiary/aromatic N) is 2. The molecule has 1 fully saturated rings. The SMILES string of the molecule is CC(C)(C)OCCC#Cc1cnc(OC2CC(OC(C)(C)C)C2)cn1. The van der Waals surface area contributed by atoms with Gasteiger partial charge in [-0.2, -0.15) is 0 Å². The molecule has 0 atom stereocenters. The van der Waals surface area contributed by atoms with Crippen LogP contribution in [0.15, 0.2) is 12.4 Å². The zero-order valence-electron chi connectivity index (χ0n) is 16.3. The lowest BCUT2D eigenvalue weighted by atomic mass is 9.91. The molecular formula is C20H30N2O3. The summed E-state index contributed by atoms with van der Waals surface area (Å²) >= 11 is 0. The van der Waals surface area contributed by atoms with Gasteiger partial charge in [-0.1, -0.05) is 5.92 Å². The molecule has 1 saturated carbocycles. The smallest absolute Gasteiger partial charge is 0.232 e. The van der Waals surface area contributed by atoms with E-state index in [0.717, 1.165) is 12.8 Å². The van der Waals surface area contributed by atoms with Gasteiger partial charge < -0.3 is 14.2 Å². The second-order valence-electron chi connectivity index (χ2n) is 8.32. The highest BCUT2D eigenvalue weighted by Crippen LogP contribution is 2.30. The summed E-state index contributed by atoms with van der Waals surface area (Å²) in [5.41, 5.74) is 0.415. The fraction of sp³-hybridized carbons (Fsp3) is 0.700. The minimum absolute atomic E-state index is 0.103. The van der Waals surface area contributed by atoms with Crippen LogP contribution >= 0.6 is 0 Å². The van der Waals surface area contributed by atoms with Crippen LogP contribution in [-0.2, 0) is 9.47 Å². The molecule has 0 aromatic carbocycles. The van der Waals surface area contributed by atoms with Crippen molar-refractivity contribution in [3.05, 3.63) is 18.1 Å². The molecule has 0 unspecified atom stereocenters. The molecule has 0 N–H and O–H groups in total. The van der Waals surface area contributed by atoms with E-state index in [1.54, 1.807) is 12.4 Å². The minimum Gasteiger partial charge on any atom is -0.473 e. The normalized spacial score (nSPS) is 20.4. The molecule has 5 nitrogen and oxygen atoms in total. The zero-order valence-corrected chi connectivity index (χ0v) is 16.3. The van der Waals surface area contributed by atoms with E-state index in [1.807, 2.05) is 20.8 Å². The van der Waals surface area contributed by atoms with E-state index >= 15 is 0 Å². The van der Waals surface area contributed by atoms with Crippen molar-refractivity contribution < 1.29 is 14.2 Å². The lowest BCUT2D eigenvalue weighted by molar-refractivity contribution is -0.127. The maximum Gasteiger partial charge on any atom is 0.232 e. The van der Waals surface area contributed by atoms with Gasteiger partial charge in [0.2, 0.25) is 5.88 Å². The number of hydrogen-bond donors (Lipinski definition) is 0. The first-order chi connectivity index (χ1) is 11.6. The van der Waals surface area contributed by atoms with Crippen molar-refractivity contribution in [3.63, 3.8) is 0 Å². The van der Waals surface area contributed by atoms with E-state index in [4.69, 9.17) is 14.2 Å². The molecule has 0 radical (unpaired) electrons. The Labute approximate surface area is 151 Å². The van der Waals surface area contributed by atoms with E-state index < -0.39 is 0 Å². The van der Waals surface area contributed by atoms with E-state index in [9.17, 15) is 0 Å². The molecule has 1 aromatic rings. The average Bonchev–Trinajstić information content (AvgIpc) is 2.44. The van der Waals surface area contributed by atoms with E-state index in [1.165, 1.54) is 0 Å². The molecule has 0 spiro atoms. The molecule has 2 rings (SSSR count). The van der Waals surface area contributed by atoms with Crippen molar-refractivity contribution in [2.75, 3.05) is 6.61 Å². The first-order valence-corrected chi connectivity index (χ1v) is 8.90. The molecule has 138 valence electrons. The van der Waals surface area contributed by atoms with Crippen LogP contribution in [0.25, 0.3) is 0 Å². The number of ether oxygens (including phenoxy) is 3. The van der Waals surface area contributed by atoms with Gasteiger partial charge >= 0.3 is 0 Å². The number of aromatic nitrogens is 2. The molecule has 1 aromatic heterocycles. The quantitative estimate of drug-likeness (QED) is 0.600. The Morgan fingerprint density at radius 2 is 1.72 bits per heavy atom.